The maximum absolute atomic E-state index is 11.8. The first kappa shape index (κ1) is 15.7. The molecule has 114 valence electrons. The molecule has 6 nitrogen and oxygen atoms in total. The molecular weight excluding hydrogens is 292 g/mol. The van der Waals surface area contributed by atoms with E-state index < -0.39 is 10.0 Å². The average molecular weight is 310 g/mol. The molecule has 0 radical (unpaired) electrons. The summed E-state index contributed by atoms with van der Waals surface area (Å²) in [7, 11) is -3.57. The molecule has 1 aliphatic carbocycles. The number of carbonyl (C=O) groups excluding carboxylic acids is 2. The predicted octanol–water partition coefficient (Wildman–Crippen LogP) is 0.542. The van der Waals surface area contributed by atoms with E-state index in [9.17, 15) is 18.0 Å². The minimum atomic E-state index is -3.57. The summed E-state index contributed by atoms with van der Waals surface area (Å²) in [5, 5.41) is 7.35. The summed E-state index contributed by atoms with van der Waals surface area (Å²) in [4.78, 5) is 23.1. The number of hydrogen-bond acceptors (Lipinski definition) is 4. The van der Waals surface area contributed by atoms with Gasteiger partial charge < -0.3 is 5.32 Å². The van der Waals surface area contributed by atoms with Gasteiger partial charge in [-0.15, -0.1) is 0 Å². The molecule has 0 aromatic heterocycles. The molecule has 0 saturated heterocycles. The summed E-state index contributed by atoms with van der Waals surface area (Å²) < 4.78 is 21.5. The highest BCUT2D eigenvalue weighted by molar-refractivity contribution is 7.89. The monoisotopic (exact) mass is 310 g/mol. The maximum atomic E-state index is 11.8. The number of carbonyl (C=O) groups is 2. The van der Waals surface area contributed by atoms with E-state index in [0.717, 1.165) is 12.0 Å². The molecule has 7 heteroatoms. The normalized spacial score (nSPS) is 18.7. The number of sulfonamides is 1. The van der Waals surface area contributed by atoms with Crippen LogP contribution in [-0.4, -0.2) is 32.4 Å². The van der Waals surface area contributed by atoms with Gasteiger partial charge in [-0.25, -0.2) is 13.6 Å². The molecule has 1 amide bonds. The number of nitrogens with one attached hydrogen (secondary N) is 1. The van der Waals surface area contributed by atoms with E-state index in [4.69, 9.17) is 5.14 Å². The first-order valence-electron chi connectivity index (χ1n) is 6.75. The zero-order valence-electron chi connectivity index (χ0n) is 11.5. The van der Waals surface area contributed by atoms with Crippen LogP contribution in [0, 0.1) is 0 Å². The minimum absolute atomic E-state index is 0.0173. The topological polar surface area (TPSA) is 106 Å². The van der Waals surface area contributed by atoms with Crippen molar-refractivity contribution in [2.45, 2.75) is 25.2 Å². The van der Waals surface area contributed by atoms with Crippen LogP contribution in [0.15, 0.2) is 24.3 Å². The van der Waals surface area contributed by atoms with Crippen molar-refractivity contribution in [2.24, 2.45) is 5.14 Å². The Morgan fingerprint density at radius 2 is 1.95 bits per heavy atom. The van der Waals surface area contributed by atoms with Crippen LogP contribution in [0.25, 0.3) is 0 Å². The van der Waals surface area contributed by atoms with Gasteiger partial charge in [-0.2, -0.15) is 0 Å². The summed E-state index contributed by atoms with van der Waals surface area (Å²) in [6.45, 7) is -0.0173. The zero-order chi connectivity index (χ0) is 15.5. The first-order chi connectivity index (χ1) is 9.85. The Bertz CT molecular complexity index is 637. The number of hydrogen-bond donors (Lipinski definition) is 2. The van der Waals surface area contributed by atoms with Gasteiger partial charge in [-0.1, -0.05) is 12.1 Å². The van der Waals surface area contributed by atoms with Gasteiger partial charge in [0.15, 0.2) is 0 Å². The lowest BCUT2D eigenvalue weighted by molar-refractivity contribution is -0.117. The van der Waals surface area contributed by atoms with Crippen LogP contribution in [0.1, 0.15) is 41.1 Å². The van der Waals surface area contributed by atoms with Crippen molar-refractivity contribution in [3.63, 3.8) is 0 Å². The zero-order valence-corrected chi connectivity index (χ0v) is 12.4. The van der Waals surface area contributed by atoms with Crippen LogP contribution in [0.4, 0.5) is 0 Å². The van der Waals surface area contributed by atoms with Gasteiger partial charge in [0.25, 0.3) is 5.91 Å². The molecule has 0 heterocycles. The van der Waals surface area contributed by atoms with Crippen molar-refractivity contribution >= 4 is 21.7 Å². The third kappa shape index (κ3) is 4.64. The number of benzene rings is 1. The fourth-order valence-corrected chi connectivity index (χ4v) is 2.80. The molecule has 1 aliphatic rings. The Balaban J connectivity index is 1.92. The van der Waals surface area contributed by atoms with Crippen LogP contribution >= 0.6 is 0 Å². The maximum Gasteiger partial charge on any atom is 0.251 e. The van der Waals surface area contributed by atoms with E-state index in [1.165, 1.54) is 0 Å². The predicted molar refractivity (Wildman–Crippen MR) is 78.3 cm³/mol. The fraction of sp³-hybridized carbons (Fsp3) is 0.429. The van der Waals surface area contributed by atoms with Crippen molar-refractivity contribution in [2.75, 3.05) is 12.3 Å². The molecule has 3 N–H and O–H groups in total. The van der Waals surface area contributed by atoms with Crippen LogP contribution in [0.3, 0.4) is 0 Å². The number of amides is 1. The Kier molecular flexibility index (Phi) is 4.74. The lowest BCUT2D eigenvalue weighted by atomic mass is 9.96. The Labute approximate surface area is 123 Å². The largest absolute Gasteiger partial charge is 0.351 e. The highest BCUT2D eigenvalue weighted by Crippen LogP contribution is 2.31. The molecule has 1 aromatic rings. The van der Waals surface area contributed by atoms with Gasteiger partial charge in [0.2, 0.25) is 10.0 Å². The van der Waals surface area contributed by atoms with E-state index in [-0.39, 0.29) is 29.9 Å². The summed E-state index contributed by atoms with van der Waals surface area (Å²) in [6, 6.07) is 7.06. The number of rotatable bonds is 5. The second kappa shape index (κ2) is 6.36. The Hall–Kier alpha value is -1.73. The molecule has 1 atom stereocenters. The SMILES string of the molecule is NS(=O)(=O)CCNC(=O)c1ccc(C2CCC(=O)C2)cc1. The molecule has 1 unspecified atom stereocenters. The molecule has 0 aliphatic heterocycles. The Morgan fingerprint density at radius 1 is 1.29 bits per heavy atom. The highest BCUT2D eigenvalue weighted by Gasteiger charge is 2.23. The number of Topliss-reactive ketones (excluding diaryl/α,β-unsaturated/α-hetero) is 1. The summed E-state index contributed by atoms with van der Waals surface area (Å²) in [5.41, 5.74) is 1.51. The standard InChI is InChI=1S/C14H18N2O4S/c15-21(19,20)8-7-16-14(18)11-3-1-10(2-4-11)12-5-6-13(17)9-12/h1-4,12H,5-9H2,(H,16,18)(H2,15,19,20). The van der Waals surface area contributed by atoms with Crippen molar-refractivity contribution in [3.8, 4) is 0 Å². The first-order valence-corrected chi connectivity index (χ1v) is 8.47. The average Bonchev–Trinajstić information content (AvgIpc) is 2.84. The summed E-state index contributed by atoms with van der Waals surface area (Å²) in [6.07, 6.45) is 2.05. The van der Waals surface area contributed by atoms with E-state index in [1.54, 1.807) is 12.1 Å². The van der Waals surface area contributed by atoms with Crippen molar-refractivity contribution in [3.05, 3.63) is 35.4 Å². The number of nitrogens with two attached hydrogens (primary N) is 1. The summed E-state index contributed by atoms with van der Waals surface area (Å²) >= 11 is 0. The van der Waals surface area contributed by atoms with Crippen LogP contribution in [-0.2, 0) is 14.8 Å². The van der Waals surface area contributed by atoms with E-state index in [1.807, 2.05) is 12.1 Å². The lowest BCUT2D eigenvalue weighted by Gasteiger charge is -2.09. The van der Waals surface area contributed by atoms with Crippen molar-refractivity contribution < 1.29 is 18.0 Å². The van der Waals surface area contributed by atoms with Crippen LogP contribution in [0.5, 0.6) is 0 Å². The van der Waals surface area contributed by atoms with Gasteiger partial charge in [-0.3, -0.25) is 9.59 Å². The lowest BCUT2D eigenvalue weighted by Crippen LogP contribution is -2.31. The highest BCUT2D eigenvalue weighted by atomic mass is 32.2. The molecule has 0 bridgehead atoms. The van der Waals surface area contributed by atoms with E-state index >= 15 is 0 Å². The molecule has 1 fully saturated rings. The molecule has 1 aromatic carbocycles. The van der Waals surface area contributed by atoms with Gasteiger partial charge in [-0.05, 0) is 30.0 Å². The van der Waals surface area contributed by atoms with Crippen molar-refractivity contribution in [1.29, 1.82) is 0 Å². The molecule has 21 heavy (non-hydrogen) atoms. The molecule has 1 saturated carbocycles. The molecule has 2 rings (SSSR count). The number of ketones is 1. The third-order valence-electron chi connectivity index (χ3n) is 3.56. The van der Waals surface area contributed by atoms with Crippen LogP contribution < -0.4 is 10.5 Å². The van der Waals surface area contributed by atoms with Gasteiger partial charge >= 0.3 is 0 Å². The fourth-order valence-electron chi connectivity index (χ4n) is 2.41. The molecular formula is C14H18N2O4S. The van der Waals surface area contributed by atoms with E-state index in [2.05, 4.69) is 5.32 Å². The van der Waals surface area contributed by atoms with E-state index in [0.29, 0.717) is 18.4 Å². The second-order valence-corrected chi connectivity index (χ2v) is 6.96. The van der Waals surface area contributed by atoms with Gasteiger partial charge in [0.1, 0.15) is 5.78 Å². The van der Waals surface area contributed by atoms with Gasteiger partial charge in [0.05, 0.1) is 5.75 Å². The smallest absolute Gasteiger partial charge is 0.251 e. The molecule has 0 spiro atoms. The third-order valence-corrected chi connectivity index (χ3v) is 4.34. The second-order valence-electron chi connectivity index (χ2n) is 5.22. The quantitative estimate of drug-likeness (QED) is 0.827. The van der Waals surface area contributed by atoms with Crippen molar-refractivity contribution in [1.82, 2.24) is 5.32 Å². The van der Waals surface area contributed by atoms with Crippen LogP contribution in [0.2, 0.25) is 0 Å². The number of primary sulfonamides is 1. The Morgan fingerprint density at radius 3 is 2.48 bits per heavy atom. The summed E-state index contributed by atoms with van der Waals surface area (Å²) in [5.74, 6) is -0.101. The minimum Gasteiger partial charge on any atom is -0.351 e. The van der Waals surface area contributed by atoms with Gasteiger partial charge in [0, 0.05) is 24.9 Å².